The van der Waals surface area contributed by atoms with Gasteiger partial charge >= 0.3 is 0 Å². The number of hydrogen-bond acceptors (Lipinski definition) is 6. The minimum absolute atomic E-state index is 0.144. The first-order chi connectivity index (χ1) is 11.4. The number of nitrogen functional groups attached to an aromatic ring is 1. The molecule has 0 radical (unpaired) electrons. The molecule has 9 heteroatoms. The zero-order valence-electron chi connectivity index (χ0n) is 12.5. The van der Waals surface area contributed by atoms with Crippen molar-refractivity contribution in [3.05, 3.63) is 40.5 Å². The van der Waals surface area contributed by atoms with E-state index >= 15 is 0 Å². The van der Waals surface area contributed by atoms with Gasteiger partial charge in [0.25, 0.3) is 5.82 Å². The first-order valence-corrected chi connectivity index (χ1v) is 7.95. The summed E-state index contributed by atoms with van der Waals surface area (Å²) < 4.78 is 0. The normalized spacial score (nSPS) is 11.2. The lowest BCUT2D eigenvalue weighted by molar-refractivity contribution is -0.410. The van der Waals surface area contributed by atoms with Gasteiger partial charge in [-0.05, 0) is 25.1 Å². The van der Waals surface area contributed by atoms with Gasteiger partial charge in [0.1, 0.15) is 29.1 Å². The Kier molecular flexibility index (Phi) is 5.59. The average Bonchev–Trinajstić information content (AvgIpc) is 2.57. The number of nitriles is 2. The van der Waals surface area contributed by atoms with Gasteiger partial charge in [0.2, 0.25) is 5.91 Å². The topological polar surface area (TPSA) is 130 Å². The van der Waals surface area contributed by atoms with E-state index in [9.17, 15) is 10.1 Å². The number of halogens is 1. The molecule has 120 valence electrons. The van der Waals surface area contributed by atoms with Crippen LogP contribution in [0.15, 0.2) is 29.4 Å². The van der Waals surface area contributed by atoms with E-state index in [2.05, 4.69) is 15.3 Å². The third-order valence-corrected chi connectivity index (χ3v) is 4.30. The van der Waals surface area contributed by atoms with E-state index in [1.54, 1.807) is 19.1 Å². The molecule has 2 rings (SSSR count). The summed E-state index contributed by atoms with van der Waals surface area (Å²) in [4.78, 5) is 19.0. The molecule has 1 amide bonds. The van der Waals surface area contributed by atoms with Crippen LogP contribution in [0, 0.1) is 22.7 Å². The number of nitrogens with two attached hydrogens (primary N) is 1. The van der Waals surface area contributed by atoms with Gasteiger partial charge in [-0.15, -0.1) is 0 Å². The number of aromatic nitrogens is 2. The summed E-state index contributed by atoms with van der Waals surface area (Å²) in [5.41, 5.74) is 6.15. The Morgan fingerprint density at radius 3 is 2.71 bits per heavy atom. The number of rotatable bonds is 4. The number of hydrogen-bond donors (Lipinski definition) is 2. The molecule has 0 aliphatic rings. The summed E-state index contributed by atoms with van der Waals surface area (Å²) >= 11 is 6.87. The quantitative estimate of drug-likeness (QED) is 0.803. The number of amides is 1. The van der Waals surface area contributed by atoms with Crippen LogP contribution in [-0.4, -0.2) is 16.1 Å². The average molecular weight is 360 g/mol. The maximum absolute atomic E-state index is 12.2. The van der Waals surface area contributed by atoms with Crippen LogP contribution in [0.5, 0.6) is 0 Å². The molecule has 7 nitrogen and oxygen atoms in total. The zero-order chi connectivity index (χ0) is 17.7. The molecule has 0 spiro atoms. The Balaban J connectivity index is 2.14. The van der Waals surface area contributed by atoms with Gasteiger partial charge in [-0.25, -0.2) is 9.97 Å². The lowest BCUT2D eigenvalue weighted by Gasteiger charge is -2.11. The summed E-state index contributed by atoms with van der Waals surface area (Å²) in [6.07, 6.45) is 1.43. The van der Waals surface area contributed by atoms with Crippen molar-refractivity contribution in [2.45, 2.75) is 17.2 Å². The van der Waals surface area contributed by atoms with Crippen molar-refractivity contribution in [3.63, 3.8) is 0 Å². The highest BCUT2D eigenvalue weighted by atomic mass is 35.5. The van der Waals surface area contributed by atoms with E-state index in [0.717, 1.165) is 11.8 Å². The molecule has 1 atom stereocenters. The van der Waals surface area contributed by atoms with Crippen LogP contribution in [0.1, 0.15) is 18.1 Å². The van der Waals surface area contributed by atoms with Gasteiger partial charge in [-0.2, -0.15) is 10.5 Å². The number of thioether (sulfide) groups is 1. The number of anilines is 2. The van der Waals surface area contributed by atoms with Crippen LogP contribution < -0.4 is 16.0 Å². The number of nitrogens with one attached hydrogen (secondary N) is 2. The highest BCUT2D eigenvalue weighted by Crippen LogP contribution is 2.25. The van der Waals surface area contributed by atoms with Crippen molar-refractivity contribution in [2.75, 3.05) is 11.1 Å². The van der Waals surface area contributed by atoms with Crippen LogP contribution in [-0.2, 0) is 4.79 Å². The van der Waals surface area contributed by atoms with Gasteiger partial charge in [0.05, 0.1) is 10.3 Å². The number of H-pyrrole nitrogens is 1. The fourth-order valence-corrected chi connectivity index (χ4v) is 2.75. The lowest BCUT2D eigenvalue weighted by Crippen LogP contribution is -2.25. The van der Waals surface area contributed by atoms with E-state index < -0.39 is 5.25 Å². The molecular weight excluding hydrogens is 348 g/mol. The van der Waals surface area contributed by atoms with E-state index in [1.165, 1.54) is 12.3 Å². The van der Waals surface area contributed by atoms with Crippen LogP contribution in [0.4, 0.5) is 11.6 Å². The summed E-state index contributed by atoms with van der Waals surface area (Å²) in [7, 11) is 0. The molecule has 0 saturated heterocycles. The smallest absolute Gasteiger partial charge is 0.289 e. The third-order valence-electron chi connectivity index (χ3n) is 2.96. The predicted molar refractivity (Wildman–Crippen MR) is 90.0 cm³/mol. The van der Waals surface area contributed by atoms with Crippen LogP contribution in [0.2, 0.25) is 5.02 Å². The second kappa shape index (κ2) is 7.64. The molecule has 24 heavy (non-hydrogen) atoms. The molecule has 0 aliphatic heterocycles. The second-order valence-corrected chi connectivity index (χ2v) is 6.46. The lowest BCUT2D eigenvalue weighted by atomic mass is 10.2. The molecule has 2 aromatic rings. The van der Waals surface area contributed by atoms with Gasteiger partial charge in [0.15, 0.2) is 5.03 Å². The van der Waals surface area contributed by atoms with E-state index in [-0.39, 0.29) is 22.9 Å². The van der Waals surface area contributed by atoms with Crippen molar-refractivity contribution >= 4 is 40.9 Å². The highest BCUT2D eigenvalue weighted by Gasteiger charge is 2.21. The van der Waals surface area contributed by atoms with Crippen molar-refractivity contribution in [3.8, 4) is 12.1 Å². The molecule has 4 N–H and O–H groups in total. The molecule has 0 unspecified atom stereocenters. The molecule has 0 fully saturated rings. The molecule has 2 heterocycles. The maximum Gasteiger partial charge on any atom is 0.289 e. The van der Waals surface area contributed by atoms with Crippen molar-refractivity contribution in [1.82, 2.24) is 4.98 Å². The number of carbonyl (C=O) groups is 1. The SMILES string of the molecule is C[C@@H](Sc1[nH+]c(N)c(C#N)cc1C#N)C(=O)Nc1ccc(Cl)cn1. The van der Waals surface area contributed by atoms with E-state index in [4.69, 9.17) is 22.6 Å². The molecule has 0 aliphatic carbocycles. The summed E-state index contributed by atoms with van der Waals surface area (Å²) in [5.74, 6) is 0.224. The number of pyridine rings is 2. The number of aromatic amines is 1. The zero-order valence-corrected chi connectivity index (χ0v) is 14.1. The summed E-state index contributed by atoms with van der Waals surface area (Å²) in [5, 5.41) is 21.1. The number of carbonyl (C=O) groups excluding carboxylic acids is 1. The second-order valence-electron chi connectivity index (χ2n) is 4.67. The fraction of sp³-hybridized carbons (Fsp3) is 0.133. The Hall–Kier alpha value is -2.81. The molecule has 0 saturated carbocycles. The molecule has 0 aromatic carbocycles. The van der Waals surface area contributed by atoms with Crippen LogP contribution in [0.25, 0.3) is 0 Å². The summed E-state index contributed by atoms with van der Waals surface area (Å²) in [6.45, 7) is 1.68. The van der Waals surface area contributed by atoms with Gasteiger partial charge in [0, 0.05) is 6.20 Å². The molecule has 0 bridgehead atoms. The predicted octanol–water partition coefficient (Wildman–Crippen LogP) is 1.99. The van der Waals surface area contributed by atoms with E-state index in [0.29, 0.717) is 15.9 Å². The Labute approximate surface area is 147 Å². The molecule has 2 aromatic heterocycles. The van der Waals surface area contributed by atoms with Gasteiger partial charge in [-0.3, -0.25) is 10.5 Å². The summed E-state index contributed by atoms with van der Waals surface area (Å²) in [6, 6.07) is 8.47. The number of nitrogens with zero attached hydrogens (tertiary/aromatic N) is 3. The van der Waals surface area contributed by atoms with Gasteiger partial charge < -0.3 is 5.32 Å². The van der Waals surface area contributed by atoms with Gasteiger partial charge in [-0.1, -0.05) is 23.4 Å². The first kappa shape index (κ1) is 17.5. The maximum atomic E-state index is 12.2. The monoisotopic (exact) mass is 359 g/mol. The van der Waals surface area contributed by atoms with Crippen molar-refractivity contribution in [2.24, 2.45) is 0 Å². The largest absolute Gasteiger partial charge is 0.310 e. The standard InChI is InChI=1S/C15H11ClN6OS/c1-8(14(23)21-12-3-2-11(16)7-20-12)24-15-10(6-18)4-9(5-17)13(19)22-15/h2-4,7-8H,1H3,(H2,19,22)(H,20,21,23)/p+1/t8-/m1/s1. The Morgan fingerprint density at radius 1 is 1.42 bits per heavy atom. The highest BCUT2D eigenvalue weighted by molar-refractivity contribution is 8.00. The fourth-order valence-electron chi connectivity index (χ4n) is 1.72. The Bertz CT molecular complexity index is 856. The van der Waals surface area contributed by atoms with Crippen molar-refractivity contribution < 1.29 is 9.78 Å². The third kappa shape index (κ3) is 4.13. The minimum atomic E-state index is -0.529. The first-order valence-electron chi connectivity index (χ1n) is 6.69. The van der Waals surface area contributed by atoms with E-state index in [1.807, 2.05) is 12.1 Å². The van der Waals surface area contributed by atoms with Crippen molar-refractivity contribution in [1.29, 1.82) is 10.5 Å². The molecular formula is C15H12ClN6OS+. The minimum Gasteiger partial charge on any atom is -0.310 e. The van der Waals surface area contributed by atoms with Crippen LogP contribution in [0.3, 0.4) is 0 Å². The Morgan fingerprint density at radius 2 is 2.12 bits per heavy atom. The van der Waals surface area contributed by atoms with Crippen LogP contribution >= 0.6 is 23.4 Å².